The number of rotatable bonds is 1. The molecule has 0 fully saturated rings. The van der Waals surface area contributed by atoms with Crippen LogP contribution in [0.15, 0.2) is 193 Å². The van der Waals surface area contributed by atoms with Crippen LogP contribution in [-0.4, -0.2) is 87.6 Å². The first kappa shape index (κ1) is 87.1. The number of methoxy groups -OCH3 is 2. The van der Waals surface area contributed by atoms with Crippen LogP contribution in [0.3, 0.4) is 0 Å². The summed E-state index contributed by atoms with van der Waals surface area (Å²) in [5, 5.41) is 27.2. The van der Waals surface area contributed by atoms with Gasteiger partial charge in [-0.25, -0.2) is 0 Å². The zero-order valence-electron chi connectivity index (χ0n) is 51.4. The van der Waals surface area contributed by atoms with Crippen molar-refractivity contribution in [2.45, 2.75) is 110 Å². The monoisotopic (exact) mass is 1140 g/mol. The Labute approximate surface area is 485 Å². The molecule has 82 heavy (non-hydrogen) atoms. The second kappa shape index (κ2) is 66.5. The maximum absolute atomic E-state index is 10.4. The van der Waals surface area contributed by atoms with Gasteiger partial charge in [-0.05, 0) is 79.2 Å². The summed E-state index contributed by atoms with van der Waals surface area (Å²) in [6.45, 7) is 24.9. The van der Waals surface area contributed by atoms with Crippen LogP contribution in [0.4, 0.5) is 17.6 Å². The van der Waals surface area contributed by atoms with Crippen LogP contribution >= 0.6 is 0 Å². The standard InChI is InChI=1S/C9H8N2O.3C9H7N.C5H5N.C3H6O2.C3H6O.C2H3F3.C2H3N.C2H4O2.C2H6O.4C2H6.CH3F/c1-7-10-11-9(12-7)8-5-3-2-4-6-8;2*1-2-6-9-8(4-1)5-3-7-10-9;1-2-4-9-7-10-6-5-8(9)3-1;1-2-4-6-5-3-1;1-3(4)5-2;1-3(2)4;1-2(3,4)5;1-2-3;1-2(3)4;1-3-2;5*1-2/h2-6H,1H3;3*1-7H;1-5H;1-2H3;1-2H3;1H3;1H3;1H3,(H,3,4);1-2H3;4*1-2H3;1H3. The molecule has 0 aliphatic heterocycles. The number of carbonyl (C=O) groups excluding carboxylic acids is 2. The van der Waals surface area contributed by atoms with Crippen molar-refractivity contribution in [1.29, 1.82) is 5.26 Å². The first-order valence-electron chi connectivity index (χ1n) is 25.8. The molecular formula is C64H89F4N7O7. The number of halogens is 4. The predicted octanol–water partition coefficient (Wildman–Crippen LogP) is 17.7. The van der Waals surface area contributed by atoms with Gasteiger partial charge in [-0.15, -0.1) is 10.2 Å². The molecule has 14 nitrogen and oxygen atoms in total. The van der Waals surface area contributed by atoms with E-state index in [1.807, 2.05) is 195 Å². The summed E-state index contributed by atoms with van der Waals surface area (Å²) in [6, 6.07) is 51.5. The number of para-hydroxylation sites is 2. The molecule has 9 aromatic rings. The summed E-state index contributed by atoms with van der Waals surface area (Å²) >= 11 is 0. The molecule has 0 aliphatic carbocycles. The highest BCUT2D eigenvalue weighted by atomic mass is 19.4. The number of carboxylic acid groups (broad SMARTS) is 1. The van der Waals surface area contributed by atoms with E-state index in [2.05, 4.69) is 76.0 Å². The summed E-state index contributed by atoms with van der Waals surface area (Å²) in [6.07, 6.45) is 6.79. The topological polar surface area (TPSA) is 204 Å². The van der Waals surface area contributed by atoms with Crippen molar-refractivity contribution >= 4 is 50.3 Å². The average Bonchev–Trinajstić information content (AvgIpc) is 3.95. The van der Waals surface area contributed by atoms with Gasteiger partial charge in [0.25, 0.3) is 5.97 Å². The highest BCUT2D eigenvalue weighted by Crippen LogP contribution is 2.16. The van der Waals surface area contributed by atoms with Crippen molar-refractivity contribution in [3.8, 4) is 17.5 Å². The summed E-state index contributed by atoms with van der Waals surface area (Å²) in [4.78, 5) is 44.2. The summed E-state index contributed by atoms with van der Waals surface area (Å²) in [7, 11) is 5.10. The van der Waals surface area contributed by atoms with Crippen molar-refractivity contribution in [1.82, 2.24) is 30.1 Å². The lowest BCUT2D eigenvalue weighted by Gasteiger charge is -1.91. The number of nitriles is 1. The molecule has 1 N–H and O–H groups in total. The molecule has 5 aromatic heterocycles. The Bertz CT molecular complexity index is 2400. The van der Waals surface area contributed by atoms with E-state index in [1.54, 1.807) is 39.6 Å². The van der Waals surface area contributed by atoms with Gasteiger partial charge in [-0.1, -0.05) is 152 Å². The van der Waals surface area contributed by atoms with Crippen LogP contribution in [-0.2, 0) is 23.9 Å². The Balaban J connectivity index is -0.000000153. The number of aliphatic carboxylic acids is 1. The zero-order chi connectivity index (χ0) is 64.4. The van der Waals surface area contributed by atoms with Gasteiger partial charge in [0.1, 0.15) is 5.78 Å². The molecule has 0 spiro atoms. The van der Waals surface area contributed by atoms with Gasteiger partial charge in [-0.2, -0.15) is 18.4 Å². The summed E-state index contributed by atoms with van der Waals surface area (Å²) in [5.74, 6) is 0.256. The van der Waals surface area contributed by atoms with E-state index in [1.165, 1.54) is 56.3 Å². The van der Waals surface area contributed by atoms with Gasteiger partial charge >= 0.3 is 12.1 Å². The maximum atomic E-state index is 10.4. The van der Waals surface area contributed by atoms with Gasteiger partial charge in [0.15, 0.2) is 0 Å². The Morgan fingerprint density at radius 1 is 0.537 bits per heavy atom. The molecule has 0 amide bonds. The van der Waals surface area contributed by atoms with Crippen LogP contribution in [0, 0.1) is 18.3 Å². The van der Waals surface area contributed by atoms with Gasteiger partial charge in [0.2, 0.25) is 11.8 Å². The zero-order valence-corrected chi connectivity index (χ0v) is 51.4. The highest BCUT2D eigenvalue weighted by Gasteiger charge is 2.15. The minimum absolute atomic E-state index is 0.167. The van der Waals surface area contributed by atoms with Crippen molar-refractivity contribution in [3.63, 3.8) is 0 Å². The lowest BCUT2D eigenvalue weighted by molar-refractivity contribution is -0.138. The van der Waals surface area contributed by atoms with Crippen LogP contribution in [0.2, 0.25) is 0 Å². The van der Waals surface area contributed by atoms with Crippen molar-refractivity contribution in [3.05, 3.63) is 195 Å². The minimum Gasteiger partial charge on any atom is -0.481 e. The number of aryl methyl sites for hydroxylation is 1. The summed E-state index contributed by atoms with van der Waals surface area (Å²) in [5.41, 5.74) is 3.08. The lowest BCUT2D eigenvalue weighted by atomic mass is 10.2. The Morgan fingerprint density at radius 3 is 1.15 bits per heavy atom. The number of aromatic nitrogens is 6. The van der Waals surface area contributed by atoms with Crippen molar-refractivity contribution in [2.24, 2.45) is 0 Å². The lowest BCUT2D eigenvalue weighted by Crippen LogP contribution is -1.95. The first-order valence-corrected chi connectivity index (χ1v) is 25.8. The molecule has 450 valence electrons. The molecule has 5 heterocycles. The van der Waals surface area contributed by atoms with Crippen LogP contribution in [0.5, 0.6) is 0 Å². The van der Waals surface area contributed by atoms with Crippen molar-refractivity contribution < 1.29 is 50.9 Å². The number of hydrogen-bond donors (Lipinski definition) is 1. The minimum atomic E-state index is -4.00. The van der Waals surface area contributed by atoms with E-state index >= 15 is 0 Å². The van der Waals surface area contributed by atoms with E-state index in [4.69, 9.17) is 19.6 Å². The highest BCUT2D eigenvalue weighted by molar-refractivity contribution is 5.81. The van der Waals surface area contributed by atoms with Gasteiger partial charge in [0.05, 0.1) is 31.4 Å². The number of nitrogens with zero attached hydrogens (tertiary/aromatic N) is 7. The molecule has 0 saturated carbocycles. The van der Waals surface area contributed by atoms with E-state index in [9.17, 15) is 27.2 Å². The summed E-state index contributed by atoms with van der Waals surface area (Å²) < 4.78 is 54.2. The first-order chi connectivity index (χ1) is 39.3. The average molecular weight is 1140 g/mol. The number of ether oxygens (including phenoxy) is 2. The molecular weight excluding hydrogens is 1050 g/mol. The number of Topliss-reactive ketones (excluding diaryl/α,β-unsaturated/α-hetero) is 1. The number of esters is 1. The van der Waals surface area contributed by atoms with Gasteiger partial charge < -0.3 is 23.8 Å². The number of fused-ring (bicyclic) bond motifs is 3. The second-order valence-corrected chi connectivity index (χ2v) is 13.7. The molecule has 0 atom stereocenters. The third-order valence-electron chi connectivity index (χ3n) is 6.97. The molecule has 18 heteroatoms. The number of benzene rings is 4. The fourth-order valence-electron chi connectivity index (χ4n) is 4.37. The number of ketones is 1. The van der Waals surface area contributed by atoms with E-state index < -0.39 is 12.1 Å². The molecule has 0 unspecified atom stereocenters. The normalized spacial score (nSPS) is 8.17. The number of carboxylic acids is 1. The largest absolute Gasteiger partial charge is 0.481 e. The van der Waals surface area contributed by atoms with E-state index in [0.717, 1.165) is 23.5 Å². The fraction of sp³-hybridized carbons (Fsp3) is 0.312. The number of alkyl halides is 4. The number of hydrogen-bond acceptors (Lipinski definition) is 13. The number of pyridine rings is 4. The van der Waals surface area contributed by atoms with Crippen molar-refractivity contribution in [2.75, 3.05) is 28.5 Å². The number of carbonyl (C=O) groups is 3. The molecule has 0 saturated heterocycles. The molecule has 4 aromatic carbocycles. The quantitative estimate of drug-likeness (QED) is 0.120. The van der Waals surface area contributed by atoms with Gasteiger partial charge in [-0.3, -0.25) is 33.9 Å². The van der Waals surface area contributed by atoms with Crippen LogP contribution in [0.25, 0.3) is 44.0 Å². The smallest absolute Gasteiger partial charge is 0.386 e. The SMILES string of the molecule is CC.CC.CC.CC.CC#N.CC(=O)O.CC(C)=O.CC(F)(F)F.CF.COC.COC(C)=O.Cc1nnc(-c2ccccc2)o1.c1ccc2cnccc2c1.c1ccc2ncccc2c1.c1ccc2ncccc2c1.c1ccncc1. The fourth-order valence-corrected chi connectivity index (χ4v) is 4.37. The Morgan fingerprint density at radius 2 is 0.854 bits per heavy atom. The van der Waals surface area contributed by atoms with Gasteiger partial charge in [0, 0.05) is 102 Å². The van der Waals surface area contributed by atoms with E-state index in [0.29, 0.717) is 19.0 Å². The molecule has 0 radical (unpaired) electrons. The molecule has 9 rings (SSSR count). The second-order valence-electron chi connectivity index (χ2n) is 13.7. The Kier molecular flexibility index (Phi) is 70.6. The van der Waals surface area contributed by atoms with Crippen LogP contribution in [0.1, 0.15) is 103 Å². The third kappa shape index (κ3) is 63.7. The van der Waals surface area contributed by atoms with Crippen LogP contribution < -0.4 is 0 Å². The van der Waals surface area contributed by atoms with E-state index in [-0.39, 0.29) is 18.7 Å². The Hall–Kier alpha value is -8.82. The predicted molar refractivity (Wildman–Crippen MR) is 330 cm³/mol. The third-order valence-corrected chi connectivity index (χ3v) is 6.97. The molecule has 0 aliphatic rings. The maximum Gasteiger partial charge on any atom is 0.386 e. The molecule has 0 bridgehead atoms.